The number of rotatable bonds is 5. The van der Waals surface area contributed by atoms with E-state index in [1.807, 2.05) is 49.3 Å². The molecular formula is C14H18N2O2S. The minimum Gasteiger partial charge on any atom is -0.308 e. The third-order valence-corrected chi connectivity index (χ3v) is 4.41. The van der Waals surface area contributed by atoms with Gasteiger partial charge in [0.2, 0.25) is 10.0 Å². The van der Waals surface area contributed by atoms with Gasteiger partial charge in [0.25, 0.3) is 0 Å². The minimum absolute atomic E-state index is 0.337. The van der Waals surface area contributed by atoms with Crippen molar-refractivity contribution in [2.45, 2.75) is 4.90 Å². The molecule has 4 nitrogen and oxygen atoms in total. The van der Waals surface area contributed by atoms with E-state index in [9.17, 15) is 8.42 Å². The molecule has 0 aliphatic rings. The second kappa shape index (κ2) is 5.69. The summed E-state index contributed by atoms with van der Waals surface area (Å²) in [5, 5.41) is 1.68. The second-order valence-electron chi connectivity index (χ2n) is 4.68. The number of nitrogens with one attached hydrogen (secondary N) is 1. The van der Waals surface area contributed by atoms with E-state index in [1.54, 1.807) is 12.1 Å². The average molecular weight is 278 g/mol. The summed E-state index contributed by atoms with van der Waals surface area (Å²) >= 11 is 0. The molecule has 2 rings (SSSR count). The Hall–Kier alpha value is -1.43. The van der Waals surface area contributed by atoms with E-state index < -0.39 is 10.0 Å². The molecule has 0 aliphatic heterocycles. The van der Waals surface area contributed by atoms with Crippen LogP contribution in [-0.2, 0) is 10.0 Å². The largest absolute Gasteiger partial charge is 0.308 e. The van der Waals surface area contributed by atoms with Crippen LogP contribution in [0.2, 0.25) is 0 Å². The Kier molecular flexibility index (Phi) is 4.19. The standard InChI is InChI=1S/C14H18N2O2S/c1-16(2)11-10-15-19(17,18)14-9-5-7-12-6-3-4-8-13(12)14/h3-9,15H,10-11H2,1-2H3. The normalized spacial score (nSPS) is 12.2. The molecule has 0 amide bonds. The van der Waals surface area contributed by atoms with E-state index in [0.717, 1.165) is 10.8 Å². The van der Waals surface area contributed by atoms with Crippen LogP contribution in [0.25, 0.3) is 10.8 Å². The van der Waals surface area contributed by atoms with Crippen molar-refractivity contribution in [1.82, 2.24) is 9.62 Å². The fraction of sp³-hybridized carbons (Fsp3) is 0.286. The predicted molar refractivity (Wildman–Crippen MR) is 77.7 cm³/mol. The first kappa shape index (κ1) is 14.0. The Morgan fingerprint density at radius 1 is 1.05 bits per heavy atom. The van der Waals surface area contributed by atoms with Crippen molar-refractivity contribution in [2.24, 2.45) is 0 Å². The molecule has 19 heavy (non-hydrogen) atoms. The van der Waals surface area contributed by atoms with Gasteiger partial charge in [-0.25, -0.2) is 13.1 Å². The van der Waals surface area contributed by atoms with Crippen LogP contribution in [0.5, 0.6) is 0 Å². The highest BCUT2D eigenvalue weighted by atomic mass is 32.2. The molecule has 0 saturated heterocycles. The van der Waals surface area contributed by atoms with E-state index in [1.165, 1.54) is 0 Å². The Balaban J connectivity index is 2.33. The first-order chi connectivity index (χ1) is 9.00. The van der Waals surface area contributed by atoms with Crippen LogP contribution < -0.4 is 4.72 Å². The number of fused-ring (bicyclic) bond motifs is 1. The van der Waals surface area contributed by atoms with Crippen LogP contribution in [-0.4, -0.2) is 40.5 Å². The smallest absolute Gasteiger partial charge is 0.241 e. The monoisotopic (exact) mass is 278 g/mol. The van der Waals surface area contributed by atoms with Gasteiger partial charge in [-0.3, -0.25) is 0 Å². The summed E-state index contributed by atoms with van der Waals surface area (Å²) in [7, 11) is 0.359. The SMILES string of the molecule is CN(C)CCNS(=O)(=O)c1cccc2ccccc12. The number of hydrogen-bond donors (Lipinski definition) is 1. The summed E-state index contributed by atoms with van der Waals surface area (Å²) in [6.07, 6.45) is 0. The van der Waals surface area contributed by atoms with Crippen molar-refractivity contribution in [3.8, 4) is 0 Å². The van der Waals surface area contributed by atoms with Crippen molar-refractivity contribution >= 4 is 20.8 Å². The molecule has 0 radical (unpaired) electrons. The molecule has 0 fully saturated rings. The Morgan fingerprint density at radius 2 is 1.74 bits per heavy atom. The lowest BCUT2D eigenvalue weighted by atomic mass is 10.1. The highest BCUT2D eigenvalue weighted by Crippen LogP contribution is 2.22. The van der Waals surface area contributed by atoms with Gasteiger partial charge in [-0.05, 0) is 25.5 Å². The third-order valence-electron chi connectivity index (χ3n) is 2.89. The third kappa shape index (κ3) is 3.32. The fourth-order valence-electron chi connectivity index (χ4n) is 1.91. The second-order valence-corrected chi connectivity index (χ2v) is 6.41. The number of hydrogen-bond acceptors (Lipinski definition) is 3. The average Bonchev–Trinajstić information content (AvgIpc) is 2.37. The Morgan fingerprint density at radius 3 is 2.47 bits per heavy atom. The molecule has 0 heterocycles. The van der Waals surface area contributed by atoms with Crippen molar-refractivity contribution in [3.05, 3.63) is 42.5 Å². The molecule has 0 spiro atoms. The summed E-state index contributed by atoms with van der Waals surface area (Å²) in [5.74, 6) is 0. The molecule has 0 unspecified atom stereocenters. The van der Waals surface area contributed by atoms with Gasteiger partial charge >= 0.3 is 0 Å². The summed E-state index contributed by atoms with van der Waals surface area (Å²) < 4.78 is 27.2. The topological polar surface area (TPSA) is 49.4 Å². The number of likely N-dealkylation sites (N-methyl/N-ethyl adjacent to an activating group) is 1. The lowest BCUT2D eigenvalue weighted by molar-refractivity contribution is 0.412. The highest BCUT2D eigenvalue weighted by Gasteiger charge is 2.16. The molecule has 0 aliphatic carbocycles. The Bertz CT molecular complexity index is 661. The van der Waals surface area contributed by atoms with E-state index in [0.29, 0.717) is 18.0 Å². The van der Waals surface area contributed by atoms with E-state index in [4.69, 9.17) is 0 Å². The van der Waals surface area contributed by atoms with Gasteiger partial charge in [-0.1, -0.05) is 36.4 Å². The molecule has 0 atom stereocenters. The van der Waals surface area contributed by atoms with Gasteiger partial charge in [-0.15, -0.1) is 0 Å². The summed E-state index contributed by atoms with van der Waals surface area (Å²) in [4.78, 5) is 2.27. The molecule has 0 bridgehead atoms. The molecular weight excluding hydrogens is 260 g/mol. The first-order valence-electron chi connectivity index (χ1n) is 6.13. The maximum absolute atomic E-state index is 12.3. The molecule has 2 aromatic carbocycles. The number of nitrogens with zero attached hydrogens (tertiary/aromatic N) is 1. The fourth-order valence-corrected chi connectivity index (χ4v) is 3.16. The van der Waals surface area contributed by atoms with Crippen molar-refractivity contribution in [3.63, 3.8) is 0 Å². The molecule has 5 heteroatoms. The molecule has 2 aromatic rings. The maximum Gasteiger partial charge on any atom is 0.241 e. The van der Waals surface area contributed by atoms with Crippen LogP contribution in [0.4, 0.5) is 0 Å². The summed E-state index contributed by atoms with van der Waals surface area (Å²) in [5.41, 5.74) is 0. The lowest BCUT2D eigenvalue weighted by Crippen LogP contribution is -2.31. The zero-order valence-corrected chi connectivity index (χ0v) is 11.9. The summed E-state index contributed by atoms with van der Waals surface area (Å²) in [6.45, 7) is 1.07. The zero-order valence-electron chi connectivity index (χ0n) is 11.1. The van der Waals surface area contributed by atoms with Gasteiger partial charge in [0.05, 0.1) is 4.90 Å². The minimum atomic E-state index is -3.46. The van der Waals surface area contributed by atoms with Gasteiger partial charge < -0.3 is 4.90 Å². The van der Waals surface area contributed by atoms with Gasteiger partial charge in [-0.2, -0.15) is 0 Å². The van der Waals surface area contributed by atoms with Gasteiger partial charge in [0.1, 0.15) is 0 Å². The van der Waals surface area contributed by atoms with Crippen LogP contribution in [0, 0.1) is 0 Å². The molecule has 102 valence electrons. The van der Waals surface area contributed by atoms with Crippen LogP contribution in [0.1, 0.15) is 0 Å². The van der Waals surface area contributed by atoms with E-state index >= 15 is 0 Å². The van der Waals surface area contributed by atoms with Gasteiger partial charge in [0, 0.05) is 18.5 Å². The molecule has 0 saturated carbocycles. The summed E-state index contributed by atoms with van der Waals surface area (Å²) in [6, 6.07) is 12.8. The van der Waals surface area contributed by atoms with E-state index in [-0.39, 0.29) is 0 Å². The van der Waals surface area contributed by atoms with Crippen LogP contribution >= 0.6 is 0 Å². The van der Waals surface area contributed by atoms with Crippen molar-refractivity contribution in [2.75, 3.05) is 27.2 Å². The van der Waals surface area contributed by atoms with Crippen molar-refractivity contribution in [1.29, 1.82) is 0 Å². The first-order valence-corrected chi connectivity index (χ1v) is 7.61. The molecule has 1 N–H and O–H groups in total. The van der Waals surface area contributed by atoms with Gasteiger partial charge in [0.15, 0.2) is 0 Å². The Labute approximate surface area is 114 Å². The maximum atomic E-state index is 12.3. The number of sulfonamides is 1. The molecule has 0 aromatic heterocycles. The van der Waals surface area contributed by atoms with E-state index in [2.05, 4.69) is 4.72 Å². The van der Waals surface area contributed by atoms with Crippen molar-refractivity contribution < 1.29 is 8.42 Å². The number of benzene rings is 2. The zero-order chi connectivity index (χ0) is 13.9. The highest BCUT2D eigenvalue weighted by molar-refractivity contribution is 7.89. The lowest BCUT2D eigenvalue weighted by Gasteiger charge is -2.12. The van der Waals surface area contributed by atoms with Crippen LogP contribution in [0.3, 0.4) is 0 Å². The predicted octanol–water partition coefficient (Wildman–Crippen LogP) is 1.68. The van der Waals surface area contributed by atoms with Crippen LogP contribution in [0.15, 0.2) is 47.4 Å². The quantitative estimate of drug-likeness (QED) is 0.905.